The van der Waals surface area contributed by atoms with Gasteiger partial charge in [-0.25, -0.2) is 0 Å². The maximum Gasteiger partial charge on any atom is 0.220 e. The van der Waals surface area contributed by atoms with Gasteiger partial charge in [0.05, 0.1) is 18.2 Å². The Labute approximate surface area is 161 Å². The van der Waals surface area contributed by atoms with Crippen LogP contribution in [-0.2, 0) is 19.1 Å². The van der Waals surface area contributed by atoms with Crippen LogP contribution in [0.25, 0.3) is 0 Å². The monoisotopic (exact) mass is 404 g/mol. The van der Waals surface area contributed by atoms with Crippen molar-refractivity contribution < 1.29 is 39.5 Å². The van der Waals surface area contributed by atoms with E-state index in [9.17, 15) is 30.0 Å². The van der Waals surface area contributed by atoms with Crippen molar-refractivity contribution in [3.05, 3.63) is 0 Å². The Bertz CT molecular complexity index is 595. The van der Waals surface area contributed by atoms with E-state index in [-0.39, 0.29) is 25.8 Å². The summed E-state index contributed by atoms with van der Waals surface area (Å²) in [7, 11) is 0. The Kier molecular flexibility index (Phi) is 6.51. The van der Waals surface area contributed by atoms with Gasteiger partial charge in [-0.15, -0.1) is 0 Å². The van der Waals surface area contributed by atoms with Crippen LogP contribution in [0.4, 0.5) is 0 Å². The molecule has 3 rings (SSSR count). The minimum atomic E-state index is -1.45. The molecule has 0 aromatic rings. The Morgan fingerprint density at radius 3 is 2.29 bits per heavy atom. The second-order valence-corrected chi connectivity index (χ2v) is 7.56. The minimum absolute atomic E-state index is 0.102. The standard InChI is InChI=1S/C16H28N4O8/c17-5-3-6-15(14(26)11(5)23)28-16-10(18)13(25)12(24)7(27-16)4-19-8(21)1-2-9(22)20-6/h5-7,10-16,23-26H,1-4,17-18H2,(H,19,21)(H,20,22)/t5-,6+,7-,10-,11+,12-,13-,14-,15-,16-/m1/s1. The fourth-order valence-electron chi connectivity index (χ4n) is 3.78. The maximum atomic E-state index is 12.2. The van der Waals surface area contributed by atoms with Gasteiger partial charge in [0.2, 0.25) is 11.8 Å². The molecule has 2 heterocycles. The Balaban J connectivity index is 1.88. The third-order valence-corrected chi connectivity index (χ3v) is 5.51. The molecule has 12 nitrogen and oxygen atoms in total. The van der Waals surface area contributed by atoms with Gasteiger partial charge in [0, 0.05) is 25.4 Å². The zero-order chi connectivity index (χ0) is 20.6. The number of carbonyl (C=O) groups is 2. The van der Waals surface area contributed by atoms with E-state index in [4.69, 9.17) is 20.9 Å². The van der Waals surface area contributed by atoms with Crippen LogP contribution in [0.3, 0.4) is 0 Å². The van der Waals surface area contributed by atoms with Gasteiger partial charge < -0.3 is 52.0 Å². The van der Waals surface area contributed by atoms with Crippen LogP contribution in [0.1, 0.15) is 19.3 Å². The van der Waals surface area contributed by atoms with E-state index in [0.29, 0.717) is 0 Å². The third kappa shape index (κ3) is 4.28. The van der Waals surface area contributed by atoms with Crippen LogP contribution in [0.5, 0.6) is 0 Å². The molecule has 0 spiro atoms. The van der Waals surface area contributed by atoms with Crippen LogP contribution in [0.15, 0.2) is 0 Å². The Morgan fingerprint density at radius 2 is 1.57 bits per heavy atom. The number of aliphatic hydroxyl groups is 4. The molecule has 2 amide bonds. The highest BCUT2D eigenvalue weighted by molar-refractivity contribution is 5.83. The quantitative estimate of drug-likeness (QED) is 0.193. The lowest BCUT2D eigenvalue weighted by Gasteiger charge is -2.46. The van der Waals surface area contributed by atoms with Crippen molar-refractivity contribution in [2.45, 2.75) is 80.3 Å². The third-order valence-electron chi connectivity index (χ3n) is 5.51. The van der Waals surface area contributed by atoms with Gasteiger partial charge in [0.1, 0.15) is 30.5 Å². The van der Waals surface area contributed by atoms with Crippen LogP contribution < -0.4 is 22.1 Å². The first kappa shape index (κ1) is 21.3. The minimum Gasteiger partial charge on any atom is -0.389 e. The van der Waals surface area contributed by atoms with E-state index in [1.165, 1.54) is 0 Å². The van der Waals surface area contributed by atoms with E-state index >= 15 is 0 Å². The van der Waals surface area contributed by atoms with Crippen LogP contribution in [0.2, 0.25) is 0 Å². The van der Waals surface area contributed by atoms with E-state index in [1.54, 1.807) is 0 Å². The van der Waals surface area contributed by atoms with Gasteiger partial charge in [-0.1, -0.05) is 0 Å². The summed E-state index contributed by atoms with van der Waals surface area (Å²) in [5.41, 5.74) is 11.8. The summed E-state index contributed by atoms with van der Waals surface area (Å²) in [4.78, 5) is 24.1. The lowest BCUT2D eigenvalue weighted by atomic mass is 9.84. The number of fused-ring (bicyclic) bond motifs is 3. The number of carbonyl (C=O) groups excluding carboxylic acids is 2. The van der Waals surface area contributed by atoms with Gasteiger partial charge in [0.15, 0.2) is 6.29 Å². The van der Waals surface area contributed by atoms with Crippen molar-refractivity contribution in [2.75, 3.05) is 6.54 Å². The first-order chi connectivity index (χ1) is 13.2. The smallest absolute Gasteiger partial charge is 0.220 e. The highest BCUT2D eigenvalue weighted by Crippen LogP contribution is 2.28. The summed E-state index contributed by atoms with van der Waals surface area (Å²) in [6.45, 7) is -0.130. The van der Waals surface area contributed by atoms with E-state index in [2.05, 4.69) is 10.6 Å². The van der Waals surface area contributed by atoms with Crippen molar-refractivity contribution in [1.29, 1.82) is 0 Å². The highest BCUT2D eigenvalue weighted by Gasteiger charge is 2.49. The summed E-state index contributed by atoms with van der Waals surface area (Å²) in [5, 5.41) is 46.2. The number of rotatable bonds is 0. The van der Waals surface area contributed by atoms with Gasteiger partial charge >= 0.3 is 0 Å². The maximum absolute atomic E-state index is 12.2. The molecular formula is C16H28N4O8. The molecule has 160 valence electrons. The highest BCUT2D eigenvalue weighted by atomic mass is 16.7. The summed E-state index contributed by atoms with van der Waals surface area (Å²) in [6, 6.07) is -2.74. The number of aliphatic hydroxyl groups excluding tert-OH is 4. The van der Waals surface area contributed by atoms with Crippen molar-refractivity contribution >= 4 is 11.8 Å². The number of ether oxygens (including phenoxy) is 2. The molecule has 0 unspecified atom stereocenters. The van der Waals surface area contributed by atoms with Crippen molar-refractivity contribution in [3.8, 4) is 0 Å². The molecule has 0 radical (unpaired) electrons. The lowest BCUT2D eigenvalue weighted by Crippen LogP contribution is -2.68. The zero-order valence-corrected chi connectivity index (χ0v) is 15.2. The second kappa shape index (κ2) is 8.55. The van der Waals surface area contributed by atoms with Crippen LogP contribution in [-0.4, -0.2) is 99.8 Å². The predicted molar refractivity (Wildman–Crippen MR) is 92.3 cm³/mol. The molecule has 3 fully saturated rings. The molecule has 1 saturated carbocycles. The van der Waals surface area contributed by atoms with Crippen LogP contribution >= 0.6 is 0 Å². The van der Waals surface area contributed by atoms with Gasteiger partial charge in [0.25, 0.3) is 0 Å². The first-order valence-corrected chi connectivity index (χ1v) is 9.29. The van der Waals surface area contributed by atoms with E-state index < -0.39 is 72.9 Å². The molecule has 10 N–H and O–H groups in total. The Morgan fingerprint density at radius 1 is 0.893 bits per heavy atom. The molecule has 0 aromatic carbocycles. The molecular weight excluding hydrogens is 376 g/mol. The number of hydrogen-bond acceptors (Lipinski definition) is 10. The summed E-state index contributed by atoms with van der Waals surface area (Å²) in [5.74, 6) is -0.878. The van der Waals surface area contributed by atoms with Crippen molar-refractivity contribution in [1.82, 2.24) is 10.6 Å². The average Bonchev–Trinajstić information content (AvgIpc) is 2.66. The first-order valence-electron chi connectivity index (χ1n) is 9.29. The lowest BCUT2D eigenvalue weighted by molar-refractivity contribution is -0.289. The summed E-state index contributed by atoms with van der Waals surface area (Å²) in [6.07, 6.45) is -9.03. The molecule has 2 aliphatic heterocycles. The zero-order valence-electron chi connectivity index (χ0n) is 15.2. The number of amides is 2. The SMILES string of the molecule is N[C@H]1[C@H]2O[C@H]3[C@H](O)[C@@H](O)[C@H](N)C[C@@H]3NC(=O)CCC(=O)NC[C@@H](O2)[C@@H](O)[C@@H]1O. The molecule has 12 heteroatoms. The molecule has 1 aliphatic carbocycles. The average molecular weight is 404 g/mol. The van der Waals surface area contributed by atoms with Crippen LogP contribution in [0, 0.1) is 0 Å². The molecule has 0 aromatic heterocycles. The van der Waals surface area contributed by atoms with Gasteiger partial charge in [-0.3, -0.25) is 9.59 Å². The number of nitrogens with two attached hydrogens (primary N) is 2. The topological polar surface area (TPSA) is 210 Å². The summed E-state index contributed by atoms with van der Waals surface area (Å²) < 4.78 is 11.4. The molecule has 10 atom stereocenters. The fraction of sp³-hybridized carbons (Fsp3) is 0.875. The molecule has 28 heavy (non-hydrogen) atoms. The molecule has 2 bridgehead atoms. The Hall–Kier alpha value is -1.38. The normalized spacial score (nSPS) is 48.2. The second-order valence-electron chi connectivity index (χ2n) is 7.56. The van der Waals surface area contributed by atoms with Crippen molar-refractivity contribution in [3.63, 3.8) is 0 Å². The largest absolute Gasteiger partial charge is 0.389 e. The van der Waals surface area contributed by atoms with E-state index in [1.807, 2.05) is 0 Å². The fourth-order valence-corrected chi connectivity index (χ4v) is 3.78. The summed E-state index contributed by atoms with van der Waals surface area (Å²) >= 11 is 0. The van der Waals surface area contributed by atoms with E-state index in [0.717, 1.165) is 0 Å². The van der Waals surface area contributed by atoms with Gasteiger partial charge in [-0.2, -0.15) is 0 Å². The number of hydrogen-bond donors (Lipinski definition) is 8. The molecule has 3 aliphatic rings. The van der Waals surface area contributed by atoms with Crippen molar-refractivity contribution in [2.24, 2.45) is 11.5 Å². The van der Waals surface area contributed by atoms with Gasteiger partial charge in [-0.05, 0) is 6.42 Å². The molecule has 2 saturated heterocycles. The number of nitrogens with one attached hydrogen (secondary N) is 2. The predicted octanol–water partition coefficient (Wildman–Crippen LogP) is -5.01.